The van der Waals surface area contributed by atoms with Gasteiger partial charge in [0.05, 0.1) is 0 Å². The molecule has 0 N–H and O–H groups in total. The molecule has 1 fully saturated rings. The molecule has 1 saturated carbocycles. The second-order valence-electron chi connectivity index (χ2n) is 7.05. The van der Waals surface area contributed by atoms with Crippen LogP contribution in [0.4, 0.5) is 0 Å². The molecule has 1 aromatic rings. The fourth-order valence-electron chi connectivity index (χ4n) is 4.17. The fraction of sp³-hybridized carbons (Fsp3) is 0.524. The van der Waals surface area contributed by atoms with E-state index in [0.717, 1.165) is 17.8 Å². The van der Waals surface area contributed by atoms with Crippen molar-refractivity contribution >= 4 is 0 Å². The monoisotopic (exact) mass is 280 g/mol. The SMILES string of the molecule is C=CC1C=CC(C2CCC(c3ccc(C)cc3)CC2)CC1. The quantitative estimate of drug-likeness (QED) is 0.592. The molecule has 0 heteroatoms. The smallest absolute Gasteiger partial charge is 0.00559 e. The van der Waals surface area contributed by atoms with Crippen LogP contribution in [-0.2, 0) is 0 Å². The summed E-state index contributed by atoms with van der Waals surface area (Å²) < 4.78 is 0. The maximum atomic E-state index is 3.92. The van der Waals surface area contributed by atoms with Crippen LogP contribution in [0.15, 0.2) is 49.1 Å². The van der Waals surface area contributed by atoms with E-state index in [0.29, 0.717) is 5.92 Å². The minimum atomic E-state index is 0.630. The van der Waals surface area contributed by atoms with Gasteiger partial charge in [-0.15, -0.1) is 6.58 Å². The third-order valence-corrected chi connectivity index (χ3v) is 5.67. The average Bonchev–Trinajstić information content (AvgIpc) is 2.56. The van der Waals surface area contributed by atoms with Crippen LogP contribution < -0.4 is 0 Å². The molecule has 21 heavy (non-hydrogen) atoms. The van der Waals surface area contributed by atoms with Crippen molar-refractivity contribution in [1.82, 2.24) is 0 Å². The summed E-state index contributed by atoms with van der Waals surface area (Å²) in [6.07, 6.45) is 15.2. The molecule has 0 saturated heterocycles. The van der Waals surface area contributed by atoms with Crippen LogP contribution in [0.25, 0.3) is 0 Å². The molecule has 112 valence electrons. The van der Waals surface area contributed by atoms with Crippen LogP contribution in [0.3, 0.4) is 0 Å². The number of rotatable bonds is 3. The Morgan fingerprint density at radius 2 is 1.62 bits per heavy atom. The maximum absolute atomic E-state index is 3.92. The highest BCUT2D eigenvalue weighted by Gasteiger charge is 2.28. The summed E-state index contributed by atoms with van der Waals surface area (Å²) in [6, 6.07) is 9.21. The van der Waals surface area contributed by atoms with Crippen molar-refractivity contribution in [2.75, 3.05) is 0 Å². The molecule has 0 nitrogen and oxygen atoms in total. The lowest BCUT2D eigenvalue weighted by Gasteiger charge is -2.35. The fourth-order valence-corrected chi connectivity index (χ4v) is 4.17. The number of benzene rings is 1. The highest BCUT2D eigenvalue weighted by molar-refractivity contribution is 5.25. The predicted molar refractivity (Wildman–Crippen MR) is 91.4 cm³/mol. The van der Waals surface area contributed by atoms with E-state index in [9.17, 15) is 0 Å². The van der Waals surface area contributed by atoms with Crippen molar-refractivity contribution < 1.29 is 0 Å². The summed E-state index contributed by atoms with van der Waals surface area (Å²) in [5, 5.41) is 0. The zero-order valence-electron chi connectivity index (χ0n) is 13.3. The van der Waals surface area contributed by atoms with Crippen LogP contribution >= 0.6 is 0 Å². The molecule has 0 spiro atoms. The number of allylic oxidation sites excluding steroid dienone is 3. The van der Waals surface area contributed by atoms with Crippen LogP contribution in [0.2, 0.25) is 0 Å². The normalized spacial score (nSPS) is 32.8. The molecule has 3 rings (SSSR count). The lowest BCUT2D eigenvalue weighted by atomic mass is 9.71. The Morgan fingerprint density at radius 3 is 2.19 bits per heavy atom. The second-order valence-corrected chi connectivity index (χ2v) is 7.05. The molecule has 0 aliphatic heterocycles. The highest BCUT2D eigenvalue weighted by atomic mass is 14.3. The maximum Gasteiger partial charge on any atom is -0.00559 e. The summed E-state index contributed by atoms with van der Waals surface area (Å²) in [5.41, 5.74) is 2.93. The van der Waals surface area contributed by atoms with Crippen LogP contribution in [0, 0.1) is 24.7 Å². The van der Waals surface area contributed by atoms with E-state index < -0.39 is 0 Å². The minimum absolute atomic E-state index is 0.630. The van der Waals surface area contributed by atoms with Gasteiger partial charge in [0.1, 0.15) is 0 Å². The van der Waals surface area contributed by atoms with Gasteiger partial charge in [-0.3, -0.25) is 0 Å². The summed E-state index contributed by atoms with van der Waals surface area (Å²) in [7, 11) is 0. The Kier molecular flexibility index (Phi) is 4.63. The molecule has 2 atom stereocenters. The third kappa shape index (κ3) is 3.48. The van der Waals surface area contributed by atoms with Gasteiger partial charge < -0.3 is 0 Å². The largest absolute Gasteiger partial charge is 0.102 e. The Hall–Kier alpha value is -1.30. The molecule has 2 aliphatic rings. The van der Waals surface area contributed by atoms with E-state index in [1.807, 2.05) is 0 Å². The lowest BCUT2D eigenvalue weighted by molar-refractivity contribution is 0.245. The Labute approximate surface area is 130 Å². The van der Waals surface area contributed by atoms with Gasteiger partial charge >= 0.3 is 0 Å². The standard InChI is InChI=1S/C21H28/c1-3-17-6-10-19(11-7-17)21-14-12-20(13-15-21)18-8-4-16(2)5-9-18/h3-6,8-10,17,19-21H,1,7,11-15H2,2H3. The van der Waals surface area contributed by atoms with Crippen molar-refractivity contribution in [1.29, 1.82) is 0 Å². The van der Waals surface area contributed by atoms with Gasteiger partial charge in [-0.25, -0.2) is 0 Å². The molecule has 1 aromatic carbocycles. The first-order chi connectivity index (χ1) is 10.3. The number of hydrogen-bond acceptors (Lipinski definition) is 0. The molecule has 0 heterocycles. The van der Waals surface area contributed by atoms with E-state index >= 15 is 0 Å². The van der Waals surface area contributed by atoms with Gasteiger partial charge in [0.2, 0.25) is 0 Å². The molecule has 0 bridgehead atoms. The van der Waals surface area contributed by atoms with Crippen LogP contribution in [0.5, 0.6) is 0 Å². The Balaban J connectivity index is 1.55. The van der Waals surface area contributed by atoms with Crippen molar-refractivity contribution in [2.24, 2.45) is 17.8 Å². The molecule has 2 unspecified atom stereocenters. The Morgan fingerprint density at radius 1 is 0.905 bits per heavy atom. The second kappa shape index (κ2) is 6.64. The first-order valence-corrected chi connectivity index (χ1v) is 8.63. The van der Waals surface area contributed by atoms with E-state index in [-0.39, 0.29) is 0 Å². The van der Waals surface area contributed by atoms with Gasteiger partial charge in [-0.1, -0.05) is 48.1 Å². The summed E-state index contributed by atoms with van der Waals surface area (Å²) in [4.78, 5) is 0. The topological polar surface area (TPSA) is 0 Å². The zero-order chi connectivity index (χ0) is 14.7. The molecular weight excluding hydrogens is 252 g/mol. The van der Waals surface area contributed by atoms with Crippen molar-refractivity contribution in [3.8, 4) is 0 Å². The van der Waals surface area contributed by atoms with Crippen LogP contribution in [-0.4, -0.2) is 0 Å². The van der Waals surface area contributed by atoms with E-state index in [4.69, 9.17) is 0 Å². The van der Waals surface area contributed by atoms with Gasteiger partial charge in [-0.2, -0.15) is 0 Å². The molecular formula is C21H28. The zero-order valence-corrected chi connectivity index (χ0v) is 13.3. The van der Waals surface area contributed by atoms with Gasteiger partial charge in [-0.05, 0) is 74.7 Å². The number of hydrogen-bond donors (Lipinski definition) is 0. The van der Waals surface area contributed by atoms with Gasteiger partial charge in [0, 0.05) is 0 Å². The van der Waals surface area contributed by atoms with Crippen molar-refractivity contribution in [3.05, 3.63) is 60.2 Å². The summed E-state index contributed by atoms with van der Waals surface area (Å²) in [6.45, 7) is 6.09. The van der Waals surface area contributed by atoms with E-state index in [1.54, 1.807) is 5.56 Å². The van der Waals surface area contributed by atoms with Gasteiger partial charge in [0.25, 0.3) is 0 Å². The van der Waals surface area contributed by atoms with E-state index in [1.165, 1.54) is 44.1 Å². The summed E-state index contributed by atoms with van der Waals surface area (Å²) >= 11 is 0. The lowest BCUT2D eigenvalue weighted by Crippen LogP contribution is -2.22. The minimum Gasteiger partial charge on any atom is -0.102 e. The van der Waals surface area contributed by atoms with Gasteiger partial charge in [0.15, 0.2) is 0 Å². The average molecular weight is 280 g/mol. The number of aryl methyl sites for hydroxylation is 1. The molecule has 2 aliphatic carbocycles. The Bertz CT molecular complexity index is 485. The highest BCUT2D eigenvalue weighted by Crippen LogP contribution is 2.41. The third-order valence-electron chi connectivity index (χ3n) is 5.67. The van der Waals surface area contributed by atoms with E-state index in [2.05, 4.69) is 56.0 Å². The first kappa shape index (κ1) is 14.6. The first-order valence-electron chi connectivity index (χ1n) is 8.63. The van der Waals surface area contributed by atoms with Crippen molar-refractivity contribution in [2.45, 2.75) is 51.4 Å². The molecule has 0 radical (unpaired) electrons. The van der Waals surface area contributed by atoms with Crippen molar-refractivity contribution in [3.63, 3.8) is 0 Å². The van der Waals surface area contributed by atoms with Crippen LogP contribution in [0.1, 0.15) is 55.6 Å². The predicted octanol–water partition coefficient (Wildman–Crippen LogP) is 6.04. The molecule has 0 amide bonds. The molecule has 0 aromatic heterocycles. The summed E-state index contributed by atoms with van der Waals surface area (Å²) in [5.74, 6) is 3.19.